The Balaban J connectivity index is 2.12. The molecule has 0 aromatic carbocycles. The van der Waals surface area contributed by atoms with E-state index >= 15 is 0 Å². The highest BCUT2D eigenvalue weighted by Gasteiger charge is 2.54. The van der Waals surface area contributed by atoms with Gasteiger partial charge in [-0.25, -0.2) is 0 Å². The zero-order valence-corrected chi connectivity index (χ0v) is 11.0. The lowest BCUT2D eigenvalue weighted by molar-refractivity contribution is -0.123. The summed E-state index contributed by atoms with van der Waals surface area (Å²) in [5.74, 6) is 2.61. The van der Waals surface area contributed by atoms with E-state index in [1.165, 1.54) is 19.3 Å². The number of ketones is 1. The summed E-state index contributed by atoms with van der Waals surface area (Å²) in [6, 6.07) is 0. The van der Waals surface area contributed by atoms with E-state index in [1.54, 1.807) is 0 Å². The van der Waals surface area contributed by atoms with Crippen LogP contribution in [0.15, 0.2) is 12.2 Å². The van der Waals surface area contributed by atoms with Gasteiger partial charge in [-0.1, -0.05) is 33.8 Å². The van der Waals surface area contributed by atoms with Crippen molar-refractivity contribution < 1.29 is 4.79 Å². The van der Waals surface area contributed by atoms with Gasteiger partial charge in [0, 0.05) is 5.92 Å². The highest BCUT2D eigenvalue weighted by molar-refractivity contribution is 5.93. The minimum absolute atomic E-state index is 0.237. The van der Waals surface area contributed by atoms with Gasteiger partial charge in [-0.15, -0.1) is 0 Å². The van der Waals surface area contributed by atoms with Gasteiger partial charge in [-0.3, -0.25) is 4.79 Å². The lowest BCUT2D eigenvalue weighted by Gasteiger charge is -2.36. The molecule has 16 heavy (non-hydrogen) atoms. The molecule has 1 heteroatoms. The van der Waals surface area contributed by atoms with Crippen molar-refractivity contribution in [3.63, 3.8) is 0 Å². The van der Waals surface area contributed by atoms with Crippen molar-refractivity contribution in [2.45, 2.75) is 47.0 Å². The quantitative estimate of drug-likeness (QED) is 0.660. The summed E-state index contributed by atoms with van der Waals surface area (Å²) in [6.07, 6.45) is 7.80. The van der Waals surface area contributed by atoms with Gasteiger partial charge in [0.25, 0.3) is 0 Å². The van der Waals surface area contributed by atoms with Gasteiger partial charge >= 0.3 is 0 Å². The number of fused-ring (bicyclic) bond motifs is 2. The smallest absolute Gasteiger partial charge is 0.159 e. The molecule has 0 radical (unpaired) electrons. The van der Waals surface area contributed by atoms with Crippen LogP contribution in [0, 0.1) is 29.1 Å². The second-order valence-corrected chi connectivity index (χ2v) is 6.57. The third kappa shape index (κ3) is 1.85. The Hall–Kier alpha value is -0.590. The Kier molecular flexibility index (Phi) is 2.98. The minimum atomic E-state index is 0.237. The molecule has 90 valence electrons. The fourth-order valence-electron chi connectivity index (χ4n) is 3.85. The summed E-state index contributed by atoms with van der Waals surface area (Å²) in [7, 11) is 0. The molecule has 3 atom stereocenters. The van der Waals surface area contributed by atoms with Crippen molar-refractivity contribution in [3.05, 3.63) is 12.2 Å². The number of hydrogen-bond donors (Lipinski definition) is 0. The number of rotatable bonds is 3. The van der Waals surface area contributed by atoms with Crippen molar-refractivity contribution >= 4 is 5.78 Å². The molecule has 3 unspecified atom stereocenters. The fraction of sp³-hybridized carbons (Fsp3) is 0.800. The zero-order chi connectivity index (χ0) is 11.9. The predicted octanol–water partition coefficient (Wildman–Crippen LogP) is 3.84. The largest absolute Gasteiger partial charge is 0.295 e. The van der Waals surface area contributed by atoms with E-state index in [4.69, 9.17) is 0 Å². The molecule has 0 aliphatic heterocycles. The summed E-state index contributed by atoms with van der Waals surface area (Å²) in [5, 5.41) is 0. The van der Waals surface area contributed by atoms with Crippen LogP contribution in [0.3, 0.4) is 0 Å². The maximum Gasteiger partial charge on any atom is 0.159 e. The number of hydrogen-bond acceptors (Lipinski definition) is 1. The van der Waals surface area contributed by atoms with E-state index in [0.717, 1.165) is 5.92 Å². The van der Waals surface area contributed by atoms with E-state index in [0.29, 0.717) is 23.5 Å². The molecular weight excluding hydrogens is 196 g/mol. The van der Waals surface area contributed by atoms with Crippen LogP contribution in [0.5, 0.6) is 0 Å². The molecule has 0 saturated heterocycles. The first-order valence-electron chi connectivity index (χ1n) is 6.65. The standard InChI is InChI=1S/C15H24O/c1-10(2)5-8-13(16)14-11-6-7-12(9-11)15(14,3)4/h5,8,10-12,14H,6-7,9H2,1-4H3. The second kappa shape index (κ2) is 4.01. The third-order valence-corrected chi connectivity index (χ3v) is 4.75. The summed E-state index contributed by atoms with van der Waals surface area (Å²) in [5.41, 5.74) is 0.237. The first kappa shape index (κ1) is 11.9. The van der Waals surface area contributed by atoms with Gasteiger partial charge in [-0.2, -0.15) is 0 Å². The molecule has 0 amide bonds. The Morgan fingerprint density at radius 1 is 1.31 bits per heavy atom. The van der Waals surface area contributed by atoms with Crippen molar-refractivity contribution in [2.75, 3.05) is 0 Å². The molecular formula is C15H24O. The van der Waals surface area contributed by atoms with E-state index in [9.17, 15) is 4.79 Å². The normalized spacial score (nSPS) is 36.4. The lowest BCUT2D eigenvalue weighted by Crippen LogP contribution is -2.35. The molecule has 0 aromatic rings. The van der Waals surface area contributed by atoms with Crippen molar-refractivity contribution in [3.8, 4) is 0 Å². The minimum Gasteiger partial charge on any atom is -0.295 e. The van der Waals surface area contributed by atoms with Crippen LogP contribution in [0.1, 0.15) is 47.0 Å². The van der Waals surface area contributed by atoms with Gasteiger partial charge in [0.2, 0.25) is 0 Å². The number of carbonyl (C=O) groups is 1. The van der Waals surface area contributed by atoms with Crippen LogP contribution >= 0.6 is 0 Å². The average molecular weight is 220 g/mol. The number of carbonyl (C=O) groups excluding carboxylic acids is 1. The summed E-state index contributed by atoms with van der Waals surface area (Å²) >= 11 is 0. The van der Waals surface area contributed by atoms with E-state index in [1.807, 2.05) is 12.2 Å². The molecule has 0 aromatic heterocycles. The van der Waals surface area contributed by atoms with Gasteiger partial charge in [-0.05, 0) is 48.5 Å². The first-order chi connectivity index (χ1) is 7.43. The average Bonchev–Trinajstić information content (AvgIpc) is 2.71. The maximum atomic E-state index is 12.3. The van der Waals surface area contributed by atoms with E-state index in [2.05, 4.69) is 27.7 Å². The zero-order valence-electron chi connectivity index (χ0n) is 11.0. The van der Waals surface area contributed by atoms with E-state index in [-0.39, 0.29) is 5.41 Å². The molecule has 0 N–H and O–H groups in total. The van der Waals surface area contributed by atoms with Crippen molar-refractivity contribution in [2.24, 2.45) is 29.1 Å². The van der Waals surface area contributed by atoms with Gasteiger partial charge in [0.1, 0.15) is 0 Å². The molecule has 2 aliphatic rings. The fourth-order valence-corrected chi connectivity index (χ4v) is 3.85. The van der Waals surface area contributed by atoms with Crippen molar-refractivity contribution in [1.29, 1.82) is 0 Å². The molecule has 2 saturated carbocycles. The molecule has 2 bridgehead atoms. The first-order valence-corrected chi connectivity index (χ1v) is 6.65. The summed E-state index contributed by atoms with van der Waals surface area (Å²) in [6.45, 7) is 8.83. The predicted molar refractivity (Wildman–Crippen MR) is 67.1 cm³/mol. The second-order valence-electron chi connectivity index (χ2n) is 6.57. The number of allylic oxidation sites excluding steroid dienone is 2. The molecule has 2 fully saturated rings. The van der Waals surface area contributed by atoms with E-state index < -0.39 is 0 Å². The Labute approximate surface area is 99.3 Å². The molecule has 2 rings (SSSR count). The van der Waals surface area contributed by atoms with Gasteiger partial charge < -0.3 is 0 Å². The Morgan fingerprint density at radius 3 is 2.50 bits per heavy atom. The van der Waals surface area contributed by atoms with Gasteiger partial charge in [0.15, 0.2) is 5.78 Å². The molecule has 0 spiro atoms. The Bertz CT molecular complexity index is 311. The Morgan fingerprint density at radius 2 is 2.00 bits per heavy atom. The highest BCUT2D eigenvalue weighted by Crippen LogP contribution is 2.59. The molecule has 2 aliphatic carbocycles. The van der Waals surface area contributed by atoms with Crippen LogP contribution in [-0.4, -0.2) is 5.78 Å². The summed E-state index contributed by atoms with van der Waals surface area (Å²) < 4.78 is 0. The highest BCUT2D eigenvalue weighted by atomic mass is 16.1. The lowest BCUT2D eigenvalue weighted by atomic mass is 9.67. The maximum absolute atomic E-state index is 12.3. The SMILES string of the molecule is CC(C)C=CC(=O)C1C2CCC(C2)C1(C)C. The van der Waals surface area contributed by atoms with Crippen LogP contribution < -0.4 is 0 Å². The van der Waals surface area contributed by atoms with Crippen LogP contribution in [0.25, 0.3) is 0 Å². The van der Waals surface area contributed by atoms with Crippen LogP contribution in [-0.2, 0) is 4.79 Å². The monoisotopic (exact) mass is 220 g/mol. The molecule has 1 nitrogen and oxygen atoms in total. The third-order valence-electron chi connectivity index (χ3n) is 4.75. The summed E-state index contributed by atoms with van der Waals surface area (Å²) in [4.78, 5) is 12.3. The molecule has 0 heterocycles. The van der Waals surface area contributed by atoms with Crippen LogP contribution in [0.4, 0.5) is 0 Å². The van der Waals surface area contributed by atoms with Crippen LogP contribution in [0.2, 0.25) is 0 Å². The van der Waals surface area contributed by atoms with Gasteiger partial charge in [0.05, 0.1) is 0 Å². The van der Waals surface area contributed by atoms with Crippen molar-refractivity contribution in [1.82, 2.24) is 0 Å². The topological polar surface area (TPSA) is 17.1 Å².